The largest absolute Gasteiger partial charge is 0.326 e. The Hall–Kier alpha value is -2.54. The second-order valence-electron chi connectivity index (χ2n) is 6.24. The molecule has 0 bridgehead atoms. The Balaban J connectivity index is 1.52. The topological polar surface area (TPSA) is 76.0 Å². The van der Waals surface area contributed by atoms with E-state index in [1.807, 2.05) is 12.1 Å². The van der Waals surface area contributed by atoms with Gasteiger partial charge in [0.25, 0.3) is 5.91 Å². The lowest BCUT2D eigenvalue weighted by molar-refractivity contribution is -0.123. The molecule has 0 spiro atoms. The van der Waals surface area contributed by atoms with Crippen molar-refractivity contribution in [3.05, 3.63) is 63.7 Å². The van der Waals surface area contributed by atoms with E-state index in [1.165, 1.54) is 4.68 Å². The summed E-state index contributed by atoms with van der Waals surface area (Å²) in [6.45, 7) is 0. The lowest BCUT2D eigenvalue weighted by Gasteiger charge is -2.10. The molecule has 0 aliphatic carbocycles. The summed E-state index contributed by atoms with van der Waals surface area (Å²) in [6, 6.07) is 11.3. The number of hydrogen-bond donors (Lipinski definition) is 2. The predicted molar refractivity (Wildman–Crippen MR) is 110 cm³/mol. The fourth-order valence-corrected chi connectivity index (χ4v) is 3.44. The zero-order valence-electron chi connectivity index (χ0n) is 14.2. The highest BCUT2D eigenvalue weighted by Crippen LogP contribution is 2.36. The van der Waals surface area contributed by atoms with Crippen LogP contribution in [-0.2, 0) is 9.59 Å². The van der Waals surface area contributed by atoms with Crippen molar-refractivity contribution in [2.75, 3.05) is 10.6 Å². The summed E-state index contributed by atoms with van der Waals surface area (Å²) in [5.41, 5.74) is 2.13. The van der Waals surface area contributed by atoms with Crippen molar-refractivity contribution in [3.63, 3.8) is 0 Å². The summed E-state index contributed by atoms with van der Waals surface area (Å²) in [4.78, 5) is 24.8. The molecule has 3 aromatic rings. The molecular formula is C19H13Cl3N4O2. The molecule has 28 heavy (non-hydrogen) atoms. The van der Waals surface area contributed by atoms with E-state index in [0.29, 0.717) is 26.6 Å². The number of fused-ring (bicyclic) bond motifs is 1. The predicted octanol–water partition coefficient (Wildman–Crippen LogP) is 5.03. The minimum Gasteiger partial charge on any atom is -0.326 e. The number of benzene rings is 2. The van der Waals surface area contributed by atoms with Crippen LogP contribution in [0, 0.1) is 0 Å². The maximum atomic E-state index is 12.4. The van der Waals surface area contributed by atoms with Crippen LogP contribution in [0.5, 0.6) is 0 Å². The van der Waals surface area contributed by atoms with Crippen molar-refractivity contribution >= 4 is 58.1 Å². The smallest absolute Gasteiger partial charge is 0.251 e. The van der Waals surface area contributed by atoms with Gasteiger partial charge >= 0.3 is 0 Å². The molecule has 9 heteroatoms. The maximum absolute atomic E-state index is 12.4. The number of nitrogens with zero attached hydrogens (tertiary/aromatic N) is 2. The van der Waals surface area contributed by atoms with E-state index in [9.17, 15) is 9.59 Å². The van der Waals surface area contributed by atoms with Gasteiger partial charge in [-0.1, -0.05) is 46.9 Å². The van der Waals surface area contributed by atoms with E-state index >= 15 is 0 Å². The molecule has 4 rings (SSSR count). The van der Waals surface area contributed by atoms with E-state index in [1.54, 1.807) is 36.5 Å². The fraction of sp³-hybridized carbons (Fsp3) is 0.105. The van der Waals surface area contributed by atoms with Gasteiger partial charge in [-0.3, -0.25) is 9.59 Å². The first kappa shape index (κ1) is 18.8. The molecule has 0 saturated heterocycles. The van der Waals surface area contributed by atoms with Crippen LogP contribution in [0.3, 0.4) is 0 Å². The molecule has 1 unspecified atom stereocenters. The van der Waals surface area contributed by atoms with Gasteiger partial charge in [-0.15, -0.1) is 0 Å². The highest BCUT2D eigenvalue weighted by molar-refractivity contribution is 6.42. The molecule has 0 fully saturated rings. The summed E-state index contributed by atoms with van der Waals surface area (Å²) < 4.78 is 1.53. The third-order valence-electron chi connectivity index (χ3n) is 4.37. The van der Waals surface area contributed by atoms with Crippen LogP contribution in [0.4, 0.5) is 11.5 Å². The molecule has 0 radical (unpaired) electrons. The Morgan fingerprint density at radius 1 is 1.11 bits per heavy atom. The van der Waals surface area contributed by atoms with Crippen LogP contribution in [0.1, 0.15) is 12.5 Å². The van der Waals surface area contributed by atoms with Crippen molar-refractivity contribution in [2.45, 2.75) is 12.5 Å². The van der Waals surface area contributed by atoms with E-state index in [4.69, 9.17) is 34.8 Å². The Labute approximate surface area is 175 Å². The van der Waals surface area contributed by atoms with Crippen molar-refractivity contribution in [1.29, 1.82) is 0 Å². The molecule has 142 valence electrons. The average molecular weight is 436 g/mol. The van der Waals surface area contributed by atoms with Crippen molar-refractivity contribution in [2.24, 2.45) is 0 Å². The Bertz CT molecular complexity index is 1080. The summed E-state index contributed by atoms with van der Waals surface area (Å²) >= 11 is 17.8. The number of halogens is 3. The summed E-state index contributed by atoms with van der Waals surface area (Å²) in [7, 11) is 0. The number of carbonyl (C=O) groups excluding carboxylic acids is 2. The lowest BCUT2D eigenvalue weighted by atomic mass is 10.1. The standard InChI is InChI=1S/C19H13Cl3N4O2/c20-11-3-1-10(2-4-11)13-9-23-26-16(19(28)25-18(13)26)8-17(27)24-12-5-6-14(21)15(22)7-12/h1-7,9,16H,8H2,(H,24,27)(H,25,28). The van der Waals surface area contributed by atoms with Gasteiger partial charge in [0.2, 0.25) is 5.91 Å². The lowest BCUT2D eigenvalue weighted by Crippen LogP contribution is -2.23. The van der Waals surface area contributed by atoms with Crippen LogP contribution in [0.25, 0.3) is 11.1 Å². The first-order valence-corrected chi connectivity index (χ1v) is 9.45. The Morgan fingerprint density at radius 2 is 1.86 bits per heavy atom. The van der Waals surface area contributed by atoms with E-state index < -0.39 is 6.04 Å². The van der Waals surface area contributed by atoms with Crippen molar-refractivity contribution in [3.8, 4) is 11.1 Å². The number of anilines is 2. The number of hydrogen-bond acceptors (Lipinski definition) is 3. The quantitative estimate of drug-likeness (QED) is 0.603. The SMILES string of the molecule is O=C(CC1C(=O)Nc2c(-c3ccc(Cl)cc3)cnn21)Nc1ccc(Cl)c(Cl)c1. The van der Waals surface area contributed by atoms with E-state index in [0.717, 1.165) is 11.1 Å². The van der Waals surface area contributed by atoms with Crippen LogP contribution in [0.2, 0.25) is 15.1 Å². The monoisotopic (exact) mass is 434 g/mol. The van der Waals surface area contributed by atoms with Gasteiger partial charge in [-0.25, -0.2) is 4.68 Å². The van der Waals surface area contributed by atoms with Crippen LogP contribution in [0.15, 0.2) is 48.7 Å². The van der Waals surface area contributed by atoms with Gasteiger partial charge in [0.15, 0.2) is 0 Å². The molecule has 2 amide bonds. The number of rotatable bonds is 4. The van der Waals surface area contributed by atoms with Gasteiger partial charge in [0.1, 0.15) is 11.9 Å². The van der Waals surface area contributed by atoms with Crippen molar-refractivity contribution in [1.82, 2.24) is 9.78 Å². The molecule has 1 atom stereocenters. The molecule has 1 aromatic heterocycles. The second kappa shape index (κ2) is 7.47. The molecule has 1 aliphatic rings. The fourth-order valence-electron chi connectivity index (χ4n) is 3.02. The van der Waals surface area contributed by atoms with Crippen LogP contribution in [-0.4, -0.2) is 21.6 Å². The van der Waals surface area contributed by atoms with E-state index in [-0.39, 0.29) is 18.2 Å². The summed E-state index contributed by atoms with van der Waals surface area (Å²) in [6.07, 6.45) is 1.59. The minimum absolute atomic E-state index is 0.0686. The van der Waals surface area contributed by atoms with Gasteiger partial charge < -0.3 is 10.6 Å². The molecule has 0 saturated carbocycles. The van der Waals surface area contributed by atoms with Crippen molar-refractivity contribution < 1.29 is 9.59 Å². The molecule has 2 aromatic carbocycles. The summed E-state index contributed by atoms with van der Waals surface area (Å²) in [5.74, 6) is -0.0720. The van der Waals surface area contributed by atoms with E-state index in [2.05, 4.69) is 15.7 Å². The highest BCUT2D eigenvalue weighted by Gasteiger charge is 2.35. The first-order chi connectivity index (χ1) is 13.4. The number of aromatic nitrogens is 2. The Morgan fingerprint density at radius 3 is 2.57 bits per heavy atom. The van der Waals surface area contributed by atoms with Crippen LogP contribution < -0.4 is 10.6 Å². The maximum Gasteiger partial charge on any atom is 0.251 e. The zero-order chi connectivity index (χ0) is 19.8. The third kappa shape index (κ3) is 3.58. The van der Waals surface area contributed by atoms with Crippen LogP contribution >= 0.6 is 34.8 Å². The van der Waals surface area contributed by atoms with Gasteiger partial charge in [0.05, 0.1) is 22.7 Å². The van der Waals surface area contributed by atoms with Gasteiger partial charge in [-0.05, 0) is 35.9 Å². The summed E-state index contributed by atoms with van der Waals surface area (Å²) in [5, 5.41) is 11.2. The average Bonchev–Trinajstić information content (AvgIpc) is 3.19. The second-order valence-corrected chi connectivity index (χ2v) is 7.50. The number of nitrogens with one attached hydrogen (secondary N) is 2. The normalized spacial score (nSPS) is 15.2. The number of carbonyl (C=O) groups is 2. The molecule has 1 aliphatic heterocycles. The Kier molecular flexibility index (Phi) is 5.02. The molecule has 2 N–H and O–H groups in total. The van der Waals surface area contributed by atoms with Gasteiger partial charge in [-0.2, -0.15) is 5.10 Å². The third-order valence-corrected chi connectivity index (χ3v) is 5.36. The first-order valence-electron chi connectivity index (χ1n) is 8.31. The zero-order valence-corrected chi connectivity index (χ0v) is 16.5. The molecule has 6 nitrogen and oxygen atoms in total. The molecule has 2 heterocycles. The minimum atomic E-state index is -0.737. The molecular weight excluding hydrogens is 423 g/mol. The highest BCUT2D eigenvalue weighted by atomic mass is 35.5. The van der Waals surface area contributed by atoms with Gasteiger partial charge in [0, 0.05) is 16.3 Å². The number of amides is 2.